The van der Waals surface area contributed by atoms with E-state index in [4.69, 9.17) is 18.0 Å². The van der Waals surface area contributed by atoms with E-state index in [-0.39, 0.29) is 0 Å². The lowest BCUT2D eigenvalue weighted by Crippen LogP contribution is -2.11. The Bertz CT molecular complexity index is 339. The maximum atomic E-state index is 5.74. The molecule has 1 N–H and O–H groups in total. The van der Waals surface area contributed by atoms with Crippen LogP contribution in [0.3, 0.4) is 0 Å². The van der Waals surface area contributed by atoms with Gasteiger partial charge < -0.3 is 5.32 Å². The Kier molecular flexibility index (Phi) is 3.16. The van der Waals surface area contributed by atoms with E-state index >= 15 is 0 Å². The van der Waals surface area contributed by atoms with Gasteiger partial charge in [0.2, 0.25) is 0 Å². The first-order chi connectivity index (χ1) is 6.13. The molecule has 0 spiro atoms. The summed E-state index contributed by atoms with van der Waals surface area (Å²) in [5.41, 5.74) is 1.59. The minimum atomic E-state index is 0.325. The number of nitrogens with zero attached hydrogens (tertiary/aromatic N) is 1. The summed E-state index contributed by atoms with van der Waals surface area (Å²) in [4.78, 5) is 3.90. The summed E-state index contributed by atoms with van der Waals surface area (Å²) in [6, 6.07) is 2.06. The maximum Gasteiger partial charge on any atom is 0.131 e. The summed E-state index contributed by atoms with van der Waals surface area (Å²) in [6.45, 7) is 4.07. The maximum absolute atomic E-state index is 5.74. The summed E-state index contributed by atoms with van der Waals surface area (Å²) in [5, 5.41) is 3.64. The number of aromatic nitrogens is 1. The Morgan fingerprint density at radius 2 is 2.31 bits per heavy atom. The number of halogens is 1. The molecule has 0 aliphatic carbocycles. The molecule has 13 heavy (non-hydrogen) atoms. The number of nitrogens with one attached hydrogen (secondary N) is 1. The summed E-state index contributed by atoms with van der Waals surface area (Å²) in [5.74, 6) is 2.54. The number of rotatable bonds is 2. The quantitative estimate of drug-likeness (QED) is 0.578. The van der Waals surface area contributed by atoms with Gasteiger partial charge in [-0.2, -0.15) is 0 Å². The van der Waals surface area contributed by atoms with Crippen molar-refractivity contribution in [1.82, 2.24) is 4.98 Å². The first-order valence-corrected chi connectivity index (χ1v) is 4.40. The zero-order valence-corrected chi connectivity index (χ0v) is 8.39. The molecule has 1 aromatic rings. The number of pyridine rings is 1. The van der Waals surface area contributed by atoms with E-state index in [2.05, 4.69) is 16.2 Å². The van der Waals surface area contributed by atoms with Crippen molar-refractivity contribution in [3.8, 4) is 12.3 Å². The highest BCUT2D eigenvalue weighted by Crippen LogP contribution is 2.18. The number of terminal acetylenes is 1. The second-order valence-electron chi connectivity index (χ2n) is 3.00. The zero-order chi connectivity index (χ0) is 9.84. The molecule has 2 nitrogen and oxygen atoms in total. The van der Waals surface area contributed by atoms with Crippen molar-refractivity contribution >= 4 is 17.3 Å². The molecule has 0 aliphatic rings. The highest BCUT2D eigenvalue weighted by molar-refractivity contribution is 6.29. The minimum absolute atomic E-state index is 0.325. The molecule has 0 atom stereocenters. The van der Waals surface area contributed by atoms with Gasteiger partial charge in [-0.3, -0.25) is 0 Å². The standard InChI is InChI=1S/C10H11ClN2/c1-4-8-6-12-10(11)5-9(8)13-7(2)3/h1,5-7H,2-3H3,(H,12,13). The molecular formula is C10H11ClN2. The third-order valence-electron chi connectivity index (χ3n) is 1.47. The van der Waals surface area contributed by atoms with E-state index < -0.39 is 0 Å². The summed E-state index contributed by atoms with van der Waals surface area (Å²) in [7, 11) is 0. The van der Waals surface area contributed by atoms with Crippen LogP contribution < -0.4 is 5.32 Å². The first-order valence-electron chi connectivity index (χ1n) is 4.02. The Morgan fingerprint density at radius 1 is 1.62 bits per heavy atom. The van der Waals surface area contributed by atoms with Crippen LogP contribution in [0, 0.1) is 12.3 Å². The predicted molar refractivity (Wildman–Crippen MR) is 55.9 cm³/mol. The van der Waals surface area contributed by atoms with Crippen molar-refractivity contribution < 1.29 is 0 Å². The molecule has 1 heterocycles. The molecule has 0 amide bonds. The number of hydrogen-bond donors (Lipinski definition) is 1. The second-order valence-corrected chi connectivity index (χ2v) is 3.38. The van der Waals surface area contributed by atoms with Gasteiger partial charge in [-0.15, -0.1) is 6.42 Å². The molecule has 0 saturated heterocycles. The predicted octanol–water partition coefficient (Wildman–Crippen LogP) is 2.54. The fourth-order valence-electron chi connectivity index (χ4n) is 0.975. The highest BCUT2D eigenvalue weighted by atomic mass is 35.5. The van der Waals surface area contributed by atoms with Crippen molar-refractivity contribution in [1.29, 1.82) is 0 Å². The Morgan fingerprint density at radius 3 is 2.85 bits per heavy atom. The summed E-state index contributed by atoms with van der Waals surface area (Å²) >= 11 is 5.74. The van der Waals surface area contributed by atoms with Crippen LogP contribution in [0.25, 0.3) is 0 Å². The van der Waals surface area contributed by atoms with Crippen LogP contribution >= 0.6 is 11.6 Å². The lowest BCUT2D eigenvalue weighted by Gasteiger charge is -2.11. The lowest BCUT2D eigenvalue weighted by atomic mass is 10.2. The molecule has 1 aromatic heterocycles. The van der Waals surface area contributed by atoms with Gasteiger partial charge in [-0.25, -0.2) is 4.98 Å². The SMILES string of the molecule is C#Cc1cnc(Cl)cc1NC(C)C. The average molecular weight is 195 g/mol. The summed E-state index contributed by atoms with van der Waals surface area (Å²) < 4.78 is 0. The van der Waals surface area contributed by atoms with Crippen molar-refractivity contribution in [3.63, 3.8) is 0 Å². The monoisotopic (exact) mass is 194 g/mol. The van der Waals surface area contributed by atoms with Crippen molar-refractivity contribution in [3.05, 3.63) is 23.0 Å². The minimum Gasteiger partial charge on any atom is -0.382 e. The molecular weight excluding hydrogens is 184 g/mol. The van der Waals surface area contributed by atoms with Crippen molar-refractivity contribution in [2.24, 2.45) is 0 Å². The molecule has 0 bridgehead atoms. The molecule has 3 heteroatoms. The van der Waals surface area contributed by atoms with Crippen LogP contribution in [0.15, 0.2) is 12.3 Å². The van der Waals surface area contributed by atoms with E-state index in [1.807, 2.05) is 13.8 Å². The fraction of sp³-hybridized carbons (Fsp3) is 0.300. The van der Waals surface area contributed by atoms with Gasteiger partial charge in [-0.1, -0.05) is 17.5 Å². The normalized spacial score (nSPS) is 9.77. The van der Waals surface area contributed by atoms with E-state index in [1.54, 1.807) is 12.3 Å². The molecule has 1 rings (SSSR count). The third kappa shape index (κ3) is 2.64. The Hall–Kier alpha value is -1.20. The number of hydrogen-bond acceptors (Lipinski definition) is 2. The van der Waals surface area contributed by atoms with Crippen LogP contribution in [0.4, 0.5) is 5.69 Å². The Labute approximate surface area is 83.3 Å². The topological polar surface area (TPSA) is 24.9 Å². The van der Waals surface area contributed by atoms with Gasteiger partial charge in [0.05, 0.1) is 11.3 Å². The third-order valence-corrected chi connectivity index (χ3v) is 1.68. The van der Waals surface area contributed by atoms with Gasteiger partial charge in [0.25, 0.3) is 0 Å². The average Bonchev–Trinajstić information content (AvgIpc) is 2.03. The number of anilines is 1. The van der Waals surface area contributed by atoms with Gasteiger partial charge in [0.15, 0.2) is 0 Å². The Balaban J connectivity index is 3.03. The van der Waals surface area contributed by atoms with Crippen molar-refractivity contribution in [2.45, 2.75) is 19.9 Å². The molecule has 0 radical (unpaired) electrons. The highest BCUT2D eigenvalue weighted by Gasteiger charge is 2.02. The molecule has 0 saturated carbocycles. The van der Waals surface area contributed by atoms with Gasteiger partial charge in [0, 0.05) is 12.2 Å². The van der Waals surface area contributed by atoms with Gasteiger partial charge in [-0.05, 0) is 19.9 Å². The second kappa shape index (κ2) is 4.15. The van der Waals surface area contributed by atoms with E-state index in [1.165, 1.54) is 0 Å². The summed E-state index contributed by atoms with van der Waals surface area (Å²) in [6.07, 6.45) is 6.89. The largest absolute Gasteiger partial charge is 0.382 e. The molecule has 0 aliphatic heterocycles. The lowest BCUT2D eigenvalue weighted by molar-refractivity contribution is 0.898. The van der Waals surface area contributed by atoms with E-state index in [0.29, 0.717) is 11.2 Å². The molecule has 0 unspecified atom stereocenters. The van der Waals surface area contributed by atoms with Crippen LogP contribution in [0.5, 0.6) is 0 Å². The first kappa shape index (κ1) is 9.88. The smallest absolute Gasteiger partial charge is 0.131 e. The van der Waals surface area contributed by atoms with Crippen LogP contribution in [0.2, 0.25) is 5.15 Å². The molecule has 68 valence electrons. The zero-order valence-electron chi connectivity index (χ0n) is 7.63. The molecule has 0 fully saturated rings. The van der Waals surface area contributed by atoms with Gasteiger partial charge in [0.1, 0.15) is 5.15 Å². The van der Waals surface area contributed by atoms with Crippen LogP contribution in [-0.4, -0.2) is 11.0 Å². The van der Waals surface area contributed by atoms with E-state index in [0.717, 1.165) is 11.3 Å². The van der Waals surface area contributed by atoms with Crippen molar-refractivity contribution in [2.75, 3.05) is 5.32 Å². The van der Waals surface area contributed by atoms with Crippen LogP contribution in [-0.2, 0) is 0 Å². The van der Waals surface area contributed by atoms with E-state index in [9.17, 15) is 0 Å². The van der Waals surface area contributed by atoms with Crippen LogP contribution in [0.1, 0.15) is 19.4 Å². The van der Waals surface area contributed by atoms with Gasteiger partial charge >= 0.3 is 0 Å². The fourth-order valence-corrected chi connectivity index (χ4v) is 1.13. The molecule has 0 aromatic carbocycles.